The Morgan fingerprint density at radius 2 is 1.79 bits per heavy atom. The smallest absolute Gasteiger partial charge is 0.362 e. The number of carbonyl (C=O) groups is 1. The summed E-state index contributed by atoms with van der Waals surface area (Å²) in [5.74, 6) is -2.11. The topological polar surface area (TPSA) is 79.3 Å². The number of hydrazone groups is 1. The minimum Gasteiger partial charge on any atom is -0.362 e. The lowest BCUT2D eigenvalue weighted by Crippen LogP contribution is -2.62. The molecule has 2 aromatic rings. The molecular weight excluding hydrogens is 573 g/mol. The number of hydrogen-bond donors (Lipinski definition) is 0. The van der Waals surface area contributed by atoms with Gasteiger partial charge in [0.05, 0.1) is 35.5 Å². The number of amides is 1. The van der Waals surface area contributed by atoms with Crippen molar-refractivity contribution in [3.05, 3.63) is 68.4 Å². The molecule has 38 heavy (non-hydrogen) atoms. The van der Waals surface area contributed by atoms with Crippen LogP contribution in [0.2, 0.25) is 10.0 Å². The molecule has 1 amide bonds. The molecule has 0 saturated carbocycles. The summed E-state index contributed by atoms with van der Waals surface area (Å²) in [4.78, 5) is 13.6. The molecule has 1 fully saturated rings. The van der Waals surface area contributed by atoms with Gasteiger partial charge in [-0.25, -0.2) is 12.8 Å². The maximum Gasteiger partial charge on any atom is 0.417 e. The molecule has 204 valence electrons. The van der Waals surface area contributed by atoms with Crippen molar-refractivity contribution in [3.63, 3.8) is 0 Å². The highest BCUT2D eigenvalue weighted by atomic mass is 35.5. The van der Waals surface area contributed by atoms with Gasteiger partial charge in [0.15, 0.2) is 21.2 Å². The summed E-state index contributed by atoms with van der Waals surface area (Å²) in [6, 6.07) is 6.91. The SMILES string of the molecule is CN1N=C(c2ccc3c(c2)COC32CN(C(=O)CS(C)(=O)=O)C2)CC1(c1cc(Cl)c(F)c(Cl)c1)C(F)(F)F. The zero-order valence-corrected chi connectivity index (χ0v) is 22.4. The van der Waals surface area contributed by atoms with Crippen LogP contribution >= 0.6 is 23.2 Å². The predicted octanol–water partition coefficient (Wildman–Crippen LogP) is 4.24. The van der Waals surface area contributed by atoms with Crippen molar-refractivity contribution >= 4 is 44.7 Å². The summed E-state index contributed by atoms with van der Waals surface area (Å²) in [7, 11) is -2.28. The van der Waals surface area contributed by atoms with E-state index in [0.29, 0.717) is 5.56 Å². The molecule has 3 aliphatic rings. The Morgan fingerprint density at radius 1 is 1.16 bits per heavy atom. The Labute approximate surface area is 225 Å². The molecule has 5 rings (SSSR count). The third-order valence-corrected chi connectivity index (χ3v) is 8.56. The first-order valence-corrected chi connectivity index (χ1v) is 14.1. The molecule has 0 N–H and O–H groups in total. The van der Waals surface area contributed by atoms with Gasteiger partial charge in [-0.1, -0.05) is 35.3 Å². The van der Waals surface area contributed by atoms with Gasteiger partial charge in [0.1, 0.15) is 11.4 Å². The van der Waals surface area contributed by atoms with Crippen molar-refractivity contribution in [3.8, 4) is 0 Å². The third kappa shape index (κ3) is 4.25. The fourth-order valence-corrected chi connectivity index (χ4v) is 6.42. The highest BCUT2D eigenvalue weighted by Gasteiger charge is 2.62. The lowest BCUT2D eigenvalue weighted by Gasteiger charge is -2.47. The average Bonchev–Trinajstić information content (AvgIpc) is 3.33. The van der Waals surface area contributed by atoms with Crippen molar-refractivity contribution < 1.29 is 35.5 Å². The molecule has 1 atom stereocenters. The molecule has 0 aliphatic carbocycles. The predicted molar refractivity (Wildman–Crippen MR) is 132 cm³/mol. The van der Waals surface area contributed by atoms with Crippen molar-refractivity contribution in [1.82, 2.24) is 9.91 Å². The molecular formula is C24H21Cl2F4N3O4S. The Kier molecular flexibility index (Phi) is 6.29. The molecule has 0 radical (unpaired) electrons. The second-order valence-corrected chi connectivity index (χ2v) is 12.8. The molecule has 1 saturated heterocycles. The van der Waals surface area contributed by atoms with Gasteiger partial charge < -0.3 is 9.64 Å². The number of ether oxygens (including phenoxy) is 1. The number of alkyl halides is 3. The van der Waals surface area contributed by atoms with Crippen LogP contribution in [0.4, 0.5) is 17.6 Å². The van der Waals surface area contributed by atoms with E-state index in [1.165, 1.54) is 11.9 Å². The molecule has 7 nitrogen and oxygen atoms in total. The quantitative estimate of drug-likeness (QED) is 0.391. The number of benzene rings is 2. The summed E-state index contributed by atoms with van der Waals surface area (Å²) in [5, 5.41) is 3.95. The van der Waals surface area contributed by atoms with Gasteiger partial charge in [0.25, 0.3) is 0 Å². The number of halogens is 6. The van der Waals surface area contributed by atoms with Crippen molar-refractivity contribution in [2.24, 2.45) is 5.10 Å². The van der Waals surface area contributed by atoms with Gasteiger partial charge in [-0.3, -0.25) is 9.80 Å². The molecule has 3 heterocycles. The monoisotopic (exact) mass is 593 g/mol. The van der Waals surface area contributed by atoms with Gasteiger partial charge in [-0.05, 0) is 40.5 Å². The first-order valence-electron chi connectivity index (χ1n) is 11.3. The van der Waals surface area contributed by atoms with Crippen LogP contribution in [0.15, 0.2) is 35.4 Å². The largest absolute Gasteiger partial charge is 0.417 e. The highest BCUT2D eigenvalue weighted by Crippen LogP contribution is 2.51. The van der Waals surface area contributed by atoms with E-state index in [1.807, 2.05) is 0 Å². The van der Waals surface area contributed by atoms with Crippen LogP contribution in [0, 0.1) is 5.82 Å². The number of nitrogens with zero attached hydrogens (tertiary/aromatic N) is 3. The zero-order valence-electron chi connectivity index (χ0n) is 20.1. The van der Waals surface area contributed by atoms with E-state index >= 15 is 0 Å². The summed E-state index contributed by atoms with van der Waals surface area (Å²) < 4.78 is 86.6. The highest BCUT2D eigenvalue weighted by molar-refractivity contribution is 7.91. The second-order valence-electron chi connectivity index (χ2n) is 9.83. The van der Waals surface area contributed by atoms with Crippen molar-refractivity contribution in [2.75, 3.05) is 32.1 Å². The summed E-state index contributed by atoms with van der Waals surface area (Å²) >= 11 is 11.7. The van der Waals surface area contributed by atoms with Gasteiger partial charge >= 0.3 is 6.18 Å². The number of sulfone groups is 1. The van der Waals surface area contributed by atoms with E-state index in [4.69, 9.17) is 27.9 Å². The van der Waals surface area contributed by atoms with Crippen molar-refractivity contribution in [1.29, 1.82) is 0 Å². The first kappa shape index (κ1) is 27.2. The zero-order chi connectivity index (χ0) is 27.8. The third-order valence-electron chi connectivity index (χ3n) is 7.24. The number of fused-ring (bicyclic) bond motifs is 2. The summed E-state index contributed by atoms with van der Waals surface area (Å²) in [5.41, 5.74) is -1.61. The Morgan fingerprint density at radius 3 is 2.37 bits per heavy atom. The Hall–Kier alpha value is -2.41. The Balaban J connectivity index is 1.42. The van der Waals surface area contributed by atoms with Gasteiger partial charge in [-0.15, -0.1) is 0 Å². The average molecular weight is 594 g/mol. The van der Waals surface area contributed by atoms with Gasteiger partial charge in [0.2, 0.25) is 5.91 Å². The van der Waals surface area contributed by atoms with E-state index < -0.39 is 61.1 Å². The second kappa shape index (κ2) is 8.80. The number of hydrogen-bond acceptors (Lipinski definition) is 6. The van der Waals surface area contributed by atoms with Crippen LogP contribution in [0.1, 0.15) is 28.7 Å². The number of rotatable bonds is 4. The molecule has 0 bridgehead atoms. The summed E-state index contributed by atoms with van der Waals surface area (Å²) in [6.45, 7) is 0.537. The normalized spacial score (nSPS) is 22.5. The van der Waals surface area contributed by atoms with Gasteiger partial charge in [0, 0.05) is 19.7 Å². The maximum atomic E-state index is 14.6. The number of likely N-dealkylation sites (tertiary alicyclic amines) is 1. The van der Waals surface area contributed by atoms with Crippen LogP contribution in [0.3, 0.4) is 0 Å². The molecule has 0 aromatic heterocycles. The van der Waals surface area contributed by atoms with Crippen LogP contribution in [-0.2, 0) is 37.1 Å². The first-order chi connectivity index (χ1) is 17.6. The lowest BCUT2D eigenvalue weighted by atomic mass is 9.81. The molecule has 3 aliphatic heterocycles. The van der Waals surface area contributed by atoms with E-state index in [2.05, 4.69) is 5.10 Å². The van der Waals surface area contributed by atoms with Crippen LogP contribution in [0.25, 0.3) is 0 Å². The molecule has 2 aromatic carbocycles. The Bertz CT molecular complexity index is 1470. The molecule has 1 spiro atoms. The molecule has 1 unspecified atom stereocenters. The van der Waals surface area contributed by atoms with E-state index in [9.17, 15) is 30.8 Å². The maximum absolute atomic E-state index is 14.6. The summed E-state index contributed by atoms with van der Waals surface area (Å²) in [6.07, 6.45) is -4.39. The minimum atomic E-state index is -4.81. The fraction of sp³-hybridized carbons (Fsp3) is 0.417. The fourth-order valence-electron chi connectivity index (χ4n) is 5.30. The number of carbonyl (C=O) groups excluding carboxylic acids is 1. The van der Waals surface area contributed by atoms with Crippen molar-refractivity contribution in [2.45, 2.75) is 30.3 Å². The van der Waals surface area contributed by atoms with Gasteiger partial charge in [-0.2, -0.15) is 18.3 Å². The molecule has 14 heteroatoms. The standard InChI is InChI=1S/C24H21Cl2F4N3O4S/c1-32-23(24(28,29)30,15-6-17(25)21(27)18(26)7-15)8-19(31-32)13-3-4-16-14(5-13)9-37-22(16)11-33(12-22)20(34)10-38(2,35)36/h3-7H,8-12H2,1-2H3. The van der Waals surface area contributed by atoms with E-state index in [-0.39, 0.29) is 31.0 Å². The van der Waals surface area contributed by atoms with E-state index in [1.54, 1.807) is 18.2 Å². The van der Waals surface area contributed by atoms with Crippen LogP contribution in [0.5, 0.6) is 0 Å². The lowest BCUT2D eigenvalue weighted by molar-refractivity contribution is -0.227. The minimum absolute atomic E-state index is 0.156. The van der Waals surface area contributed by atoms with Crippen LogP contribution < -0.4 is 0 Å². The van der Waals surface area contributed by atoms with E-state index in [0.717, 1.165) is 34.5 Å². The van der Waals surface area contributed by atoms with Crippen LogP contribution in [-0.4, -0.2) is 68.3 Å².